The molecule has 1 aliphatic rings. The second-order valence-corrected chi connectivity index (χ2v) is 3.25. The minimum absolute atomic E-state index is 0.199. The quantitative estimate of drug-likeness (QED) is 0.648. The van der Waals surface area contributed by atoms with Crippen molar-refractivity contribution >= 4 is 6.09 Å². The van der Waals surface area contributed by atoms with Crippen molar-refractivity contribution in [2.45, 2.75) is 32.4 Å². The van der Waals surface area contributed by atoms with Crippen LogP contribution in [0.5, 0.6) is 0 Å². The third kappa shape index (κ3) is 3.22. The standard InChI is InChI=1S/C9H17N2O2/c1-3-11(2)9(12)13-8-6-4-5-7-10-8/h8H,3-7H2,1-2H3. The fourth-order valence-corrected chi connectivity index (χ4v) is 1.19. The molecule has 75 valence electrons. The van der Waals surface area contributed by atoms with Gasteiger partial charge < -0.3 is 9.64 Å². The van der Waals surface area contributed by atoms with Crippen LogP contribution in [0.3, 0.4) is 0 Å². The summed E-state index contributed by atoms with van der Waals surface area (Å²) in [7, 11) is 1.73. The molecular formula is C9H17N2O2. The fraction of sp³-hybridized carbons (Fsp3) is 0.889. The van der Waals surface area contributed by atoms with E-state index in [9.17, 15) is 4.79 Å². The molecule has 0 N–H and O–H groups in total. The molecule has 0 bridgehead atoms. The van der Waals surface area contributed by atoms with Gasteiger partial charge in [-0.05, 0) is 26.2 Å². The third-order valence-corrected chi connectivity index (χ3v) is 2.21. The summed E-state index contributed by atoms with van der Waals surface area (Å²) in [5, 5.41) is 4.22. The number of ether oxygens (including phenoxy) is 1. The van der Waals surface area contributed by atoms with Crippen LogP contribution in [0, 0.1) is 0 Å². The number of carbonyl (C=O) groups is 1. The van der Waals surface area contributed by atoms with E-state index >= 15 is 0 Å². The lowest BCUT2D eigenvalue weighted by Gasteiger charge is -2.24. The zero-order valence-electron chi connectivity index (χ0n) is 8.32. The Kier molecular flexibility index (Phi) is 4.02. The van der Waals surface area contributed by atoms with Crippen LogP contribution in [-0.4, -0.2) is 37.4 Å². The van der Waals surface area contributed by atoms with E-state index in [0.717, 1.165) is 25.8 Å². The molecule has 1 fully saturated rings. The zero-order valence-corrected chi connectivity index (χ0v) is 8.32. The molecule has 0 aromatic heterocycles. The maximum absolute atomic E-state index is 11.3. The topological polar surface area (TPSA) is 43.6 Å². The van der Waals surface area contributed by atoms with Crippen molar-refractivity contribution in [2.75, 3.05) is 20.1 Å². The Balaban J connectivity index is 2.26. The van der Waals surface area contributed by atoms with E-state index in [4.69, 9.17) is 4.74 Å². The maximum atomic E-state index is 11.3. The Morgan fingerprint density at radius 2 is 2.38 bits per heavy atom. The van der Waals surface area contributed by atoms with Crippen LogP contribution >= 0.6 is 0 Å². The molecule has 4 heteroatoms. The van der Waals surface area contributed by atoms with E-state index in [-0.39, 0.29) is 12.3 Å². The molecule has 0 aliphatic carbocycles. The second-order valence-electron chi connectivity index (χ2n) is 3.25. The molecule has 0 aromatic carbocycles. The fourth-order valence-electron chi connectivity index (χ4n) is 1.19. The highest BCUT2D eigenvalue weighted by Gasteiger charge is 2.19. The molecule has 13 heavy (non-hydrogen) atoms. The lowest BCUT2D eigenvalue weighted by atomic mass is 10.1. The number of carbonyl (C=O) groups excluding carboxylic acids is 1. The van der Waals surface area contributed by atoms with Gasteiger partial charge in [-0.25, -0.2) is 10.1 Å². The third-order valence-electron chi connectivity index (χ3n) is 2.21. The van der Waals surface area contributed by atoms with Gasteiger partial charge >= 0.3 is 6.09 Å². The first-order valence-electron chi connectivity index (χ1n) is 4.82. The van der Waals surface area contributed by atoms with E-state index in [1.54, 1.807) is 11.9 Å². The average molecular weight is 185 g/mol. The smallest absolute Gasteiger partial charge is 0.411 e. The molecule has 1 saturated heterocycles. The number of amides is 1. The molecule has 1 heterocycles. The number of hydrogen-bond donors (Lipinski definition) is 0. The van der Waals surface area contributed by atoms with E-state index in [2.05, 4.69) is 5.32 Å². The van der Waals surface area contributed by atoms with Gasteiger partial charge in [-0.3, -0.25) is 0 Å². The summed E-state index contributed by atoms with van der Waals surface area (Å²) >= 11 is 0. The van der Waals surface area contributed by atoms with Gasteiger partial charge in [-0.15, -0.1) is 0 Å². The number of rotatable bonds is 2. The molecule has 1 unspecified atom stereocenters. The normalized spacial score (nSPS) is 22.5. The summed E-state index contributed by atoms with van der Waals surface area (Å²) in [5.41, 5.74) is 0. The molecule has 1 rings (SSSR count). The summed E-state index contributed by atoms with van der Waals surface area (Å²) in [5.74, 6) is 0. The summed E-state index contributed by atoms with van der Waals surface area (Å²) in [6.07, 6.45) is 2.64. The van der Waals surface area contributed by atoms with E-state index in [1.165, 1.54) is 0 Å². The molecule has 1 amide bonds. The first-order valence-corrected chi connectivity index (χ1v) is 4.82. The molecule has 4 nitrogen and oxygen atoms in total. The van der Waals surface area contributed by atoms with Crippen molar-refractivity contribution in [3.05, 3.63) is 0 Å². The first kappa shape index (κ1) is 10.3. The molecule has 1 radical (unpaired) electrons. The largest absolute Gasteiger partial charge is 0.429 e. The minimum atomic E-state index is -0.266. The van der Waals surface area contributed by atoms with Gasteiger partial charge in [0, 0.05) is 20.1 Å². The van der Waals surface area contributed by atoms with Crippen molar-refractivity contribution in [2.24, 2.45) is 0 Å². The predicted molar refractivity (Wildman–Crippen MR) is 49.4 cm³/mol. The Bertz CT molecular complexity index is 167. The Hall–Kier alpha value is -0.770. The van der Waals surface area contributed by atoms with Gasteiger partial charge in [0.2, 0.25) is 0 Å². The summed E-state index contributed by atoms with van der Waals surface area (Å²) < 4.78 is 5.16. The van der Waals surface area contributed by atoms with Crippen molar-refractivity contribution in [1.82, 2.24) is 10.2 Å². The molecule has 0 spiro atoms. The van der Waals surface area contributed by atoms with Crippen molar-refractivity contribution in [3.8, 4) is 0 Å². The van der Waals surface area contributed by atoms with Crippen molar-refractivity contribution < 1.29 is 9.53 Å². The SMILES string of the molecule is CCN(C)C(=O)OC1CCCC[N]1. The van der Waals surface area contributed by atoms with Crippen molar-refractivity contribution in [1.29, 1.82) is 0 Å². The van der Waals surface area contributed by atoms with Crippen molar-refractivity contribution in [3.63, 3.8) is 0 Å². The highest BCUT2D eigenvalue weighted by molar-refractivity contribution is 5.67. The lowest BCUT2D eigenvalue weighted by Crippen LogP contribution is -2.37. The lowest BCUT2D eigenvalue weighted by molar-refractivity contribution is 0.0378. The monoisotopic (exact) mass is 185 g/mol. The first-order chi connectivity index (χ1) is 6.24. The number of hydrogen-bond acceptors (Lipinski definition) is 2. The van der Waals surface area contributed by atoms with Crippen LogP contribution in [0.1, 0.15) is 26.2 Å². The second kappa shape index (κ2) is 5.07. The van der Waals surface area contributed by atoms with Gasteiger partial charge in [0.15, 0.2) is 6.23 Å². The van der Waals surface area contributed by atoms with Crippen LogP contribution in [0.15, 0.2) is 0 Å². The minimum Gasteiger partial charge on any atom is -0.429 e. The molecule has 0 aromatic rings. The van der Waals surface area contributed by atoms with Crippen LogP contribution in [0.25, 0.3) is 0 Å². The molecule has 0 saturated carbocycles. The molecule has 1 aliphatic heterocycles. The predicted octanol–water partition coefficient (Wildman–Crippen LogP) is 1.19. The van der Waals surface area contributed by atoms with Crippen LogP contribution < -0.4 is 5.32 Å². The van der Waals surface area contributed by atoms with E-state index < -0.39 is 0 Å². The van der Waals surface area contributed by atoms with Gasteiger partial charge in [0.1, 0.15) is 0 Å². The highest BCUT2D eigenvalue weighted by atomic mass is 16.6. The van der Waals surface area contributed by atoms with Gasteiger partial charge in [-0.2, -0.15) is 0 Å². The molecule has 1 atom stereocenters. The Morgan fingerprint density at radius 3 is 2.92 bits per heavy atom. The Morgan fingerprint density at radius 1 is 1.62 bits per heavy atom. The van der Waals surface area contributed by atoms with Gasteiger partial charge in [0.25, 0.3) is 0 Å². The highest BCUT2D eigenvalue weighted by Crippen LogP contribution is 2.10. The van der Waals surface area contributed by atoms with Crippen LogP contribution in [0.4, 0.5) is 4.79 Å². The van der Waals surface area contributed by atoms with Gasteiger partial charge in [0.05, 0.1) is 0 Å². The average Bonchev–Trinajstić information content (AvgIpc) is 2.18. The number of nitrogens with zero attached hydrogens (tertiary/aromatic N) is 2. The van der Waals surface area contributed by atoms with Crippen LogP contribution in [0.2, 0.25) is 0 Å². The maximum Gasteiger partial charge on any atom is 0.411 e. The number of piperidine rings is 1. The zero-order chi connectivity index (χ0) is 9.68. The molecular weight excluding hydrogens is 168 g/mol. The summed E-state index contributed by atoms with van der Waals surface area (Å²) in [4.78, 5) is 12.8. The summed E-state index contributed by atoms with van der Waals surface area (Å²) in [6, 6.07) is 0. The summed E-state index contributed by atoms with van der Waals surface area (Å²) in [6.45, 7) is 3.42. The van der Waals surface area contributed by atoms with Crippen LogP contribution in [-0.2, 0) is 4.74 Å². The van der Waals surface area contributed by atoms with Gasteiger partial charge in [-0.1, -0.05) is 0 Å². The Labute approximate surface area is 79.2 Å². The van der Waals surface area contributed by atoms with E-state index in [1.807, 2.05) is 6.92 Å². The van der Waals surface area contributed by atoms with E-state index in [0.29, 0.717) is 6.54 Å².